The molecule has 0 bridgehead atoms. The lowest BCUT2D eigenvalue weighted by Crippen LogP contribution is -2.27. The Hall–Kier alpha value is -3.40. The number of hydrogen-bond acceptors (Lipinski definition) is 6. The first-order valence-electron chi connectivity index (χ1n) is 10.8. The van der Waals surface area contributed by atoms with Crippen LogP contribution in [0.2, 0.25) is 5.02 Å². The van der Waals surface area contributed by atoms with E-state index in [-0.39, 0.29) is 28.9 Å². The molecule has 0 saturated heterocycles. The maximum absolute atomic E-state index is 12.7. The number of rotatable bonds is 10. The van der Waals surface area contributed by atoms with Crippen LogP contribution in [0.1, 0.15) is 35.8 Å². The molecule has 3 aromatic rings. The molecular formula is C25H25ClN2O6S. The lowest BCUT2D eigenvalue weighted by molar-refractivity contribution is -0.118. The number of ether oxygens (including phenoxy) is 2. The molecule has 0 spiro atoms. The minimum atomic E-state index is -3.83. The van der Waals surface area contributed by atoms with Crippen LogP contribution in [-0.4, -0.2) is 33.5 Å². The number of nitrogens with one attached hydrogen (secondary N) is 2. The van der Waals surface area contributed by atoms with E-state index in [1.54, 1.807) is 26.0 Å². The van der Waals surface area contributed by atoms with E-state index in [1.807, 2.05) is 30.3 Å². The van der Waals surface area contributed by atoms with Crippen molar-refractivity contribution >= 4 is 39.2 Å². The monoisotopic (exact) mass is 516 g/mol. The molecule has 3 aromatic carbocycles. The predicted octanol–water partition coefficient (Wildman–Crippen LogP) is 4.57. The molecule has 0 aliphatic heterocycles. The number of carbonyl (C=O) groups is 2. The van der Waals surface area contributed by atoms with Gasteiger partial charge in [0.2, 0.25) is 10.0 Å². The molecule has 1 atom stereocenters. The fourth-order valence-electron chi connectivity index (χ4n) is 3.12. The van der Waals surface area contributed by atoms with Gasteiger partial charge < -0.3 is 14.8 Å². The zero-order valence-corrected chi connectivity index (χ0v) is 20.7. The van der Waals surface area contributed by atoms with E-state index >= 15 is 0 Å². The molecule has 0 radical (unpaired) electrons. The van der Waals surface area contributed by atoms with Crippen LogP contribution >= 0.6 is 11.6 Å². The highest BCUT2D eigenvalue weighted by Gasteiger charge is 2.20. The van der Waals surface area contributed by atoms with Crippen molar-refractivity contribution in [3.63, 3.8) is 0 Å². The van der Waals surface area contributed by atoms with Crippen LogP contribution in [0.25, 0.3) is 0 Å². The van der Waals surface area contributed by atoms with Crippen LogP contribution in [-0.2, 0) is 19.6 Å². The Balaban J connectivity index is 1.57. The van der Waals surface area contributed by atoms with E-state index < -0.39 is 27.9 Å². The largest absolute Gasteiger partial charge is 0.482 e. The Kier molecular flexibility index (Phi) is 8.86. The van der Waals surface area contributed by atoms with Crippen LogP contribution in [0.5, 0.6) is 5.75 Å². The zero-order valence-electron chi connectivity index (χ0n) is 19.2. The second-order valence-electron chi connectivity index (χ2n) is 7.48. The molecule has 0 fully saturated rings. The van der Waals surface area contributed by atoms with Crippen LogP contribution in [0.15, 0.2) is 77.7 Å². The van der Waals surface area contributed by atoms with Gasteiger partial charge in [-0.2, -0.15) is 0 Å². The van der Waals surface area contributed by atoms with Gasteiger partial charge in [0, 0.05) is 11.7 Å². The lowest BCUT2D eigenvalue weighted by atomic mass is 10.1. The Labute approximate surface area is 209 Å². The molecule has 2 N–H and O–H groups in total. The van der Waals surface area contributed by atoms with Gasteiger partial charge in [-0.05, 0) is 61.9 Å². The summed E-state index contributed by atoms with van der Waals surface area (Å²) in [6.45, 7) is 3.38. The number of carbonyl (C=O) groups excluding carboxylic acids is 2. The van der Waals surface area contributed by atoms with E-state index in [0.717, 1.165) is 5.56 Å². The standard InChI is InChI=1S/C25H25ClN2O6S/c1-3-33-25(30)19-9-11-20(12-10-19)27-24(29)16-34-23-14-13-21(15-22(23)26)35(31,32)28-17(2)18-7-5-4-6-8-18/h4-15,17,28H,3,16H2,1-2H3,(H,27,29)/t17-/m0/s1. The highest BCUT2D eigenvalue weighted by molar-refractivity contribution is 7.89. The number of anilines is 1. The van der Waals surface area contributed by atoms with Crippen LogP contribution in [0, 0.1) is 0 Å². The molecule has 184 valence electrons. The van der Waals surface area contributed by atoms with Crippen molar-refractivity contribution in [1.82, 2.24) is 4.72 Å². The van der Waals surface area contributed by atoms with Crippen molar-refractivity contribution in [1.29, 1.82) is 0 Å². The molecular weight excluding hydrogens is 492 g/mol. The summed E-state index contributed by atoms with van der Waals surface area (Å²) in [5, 5.41) is 2.69. The number of halogens is 1. The first kappa shape index (κ1) is 26.2. The van der Waals surface area contributed by atoms with Crippen LogP contribution < -0.4 is 14.8 Å². The molecule has 0 aliphatic carbocycles. The molecule has 1 amide bonds. The Morgan fingerprint density at radius 2 is 1.69 bits per heavy atom. The predicted molar refractivity (Wildman–Crippen MR) is 133 cm³/mol. The fourth-order valence-corrected chi connectivity index (χ4v) is 4.68. The molecule has 35 heavy (non-hydrogen) atoms. The molecule has 0 aromatic heterocycles. The van der Waals surface area contributed by atoms with Crippen molar-refractivity contribution in [2.75, 3.05) is 18.5 Å². The molecule has 0 aliphatic rings. The van der Waals surface area contributed by atoms with Gasteiger partial charge in [0.1, 0.15) is 5.75 Å². The van der Waals surface area contributed by atoms with Crippen molar-refractivity contribution in [2.45, 2.75) is 24.8 Å². The van der Waals surface area contributed by atoms with Gasteiger partial charge in [0.15, 0.2) is 6.61 Å². The quantitative estimate of drug-likeness (QED) is 0.382. The van der Waals surface area contributed by atoms with E-state index in [1.165, 1.54) is 30.3 Å². The third-order valence-electron chi connectivity index (χ3n) is 4.88. The fraction of sp³-hybridized carbons (Fsp3) is 0.200. The van der Waals surface area contributed by atoms with Gasteiger partial charge >= 0.3 is 5.97 Å². The Morgan fingerprint density at radius 3 is 2.31 bits per heavy atom. The number of sulfonamides is 1. The second-order valence-corrected chi connectivity index (χ2v) is 9.60. The summed E-state index contributed by atoms with van der Waals surface area (Å²) < 4.78 is 38.5. The van der Waals surface area contributed by atoms with Gasteiger partial charge in [-0.3, -0.25) is 4.79 Å². The van der Waals surface area contributed by atoms with Crippen LogP contribution in [0.4, 0.5) is 5.69 Å². The summed E-state index contributed by atoms with van der Waals surface area (Å²) in [5.74, 6) is -0.743. The first-order valence-corrected chi connectivity index (χ1v) is 12.6. The van der Waals surface area contributed by atoms with Gasteiger partial charge in [0.05, 0.1) is 22.1 Å². The molecule has 0 heterocycles. The average Bonchev–Trinajstić information content (AvgIpc) is 2.84. The summed E-state index contributed by atoms with van der Waals surface area (Å²) in [6.07, 6.45) is 0. The number of hydrogen-bond donors (Lipinski definition) is 2. The molecule has 3 rings (SSSR count). The van der Waals surface area contributed by atoms with Gasteiger partial charge in [-0.25, -0.2) is 17.9 Å². The molecule has 0 unspecified atom stereocenters. The summed E-state index contributed by atoms with van der Waals surface area (Å²) >= 11 is 6.21. The number of amides is 1. The minimum Gasteiger partial charge on any atom is -0.482 e. The normalized spacial score (nSPS) is 12.0. The van der Waals surface area contributed by atoms with Crippen molar-refractivity contribution in [3.05, 3.63) is 88.9 Å². The topological polar surface area (TPSA) is 111 Å². The van der Waals surface area contributed by atoms with E-state index in [2.05, 4.69) is 10.0 Å². The third kappa shape index (κ3) is 7.29. The summed E-state index contributed by atoms with van der Waals surface area (Å²) in [4.78, 5) is 23.9. The smallest absolute Gasteiger partial charge is 0.338 e. The van der Waals surface area contributed by atoms with Crippen molar-refractivity contribution in [2.24, 2.45) is 0 Å². The van der Waals surface area contributed by atoms with E-state index in [0.29, 0.717) is 11.3 Å². The summed E-state index contributed by atoms with van der Waals surface area (Å²) in [6, 6.07) is 19.0. The zero-order chi connectivity index (χ0) is 25.4. The average molecular weight is 517 g/mol. The second kappa shape index (κ2) is 11.8. The van der Waals surface area contributed by atoms with Gasteiger partial charge in [0.25, 0.3) is 5.91 Å². The maximum Gasteiger partial charge on any atom is 0.338 e. The molecule has 0 saturated carbocycles. The Morgan fingerprint density at radius 1 is 1.00 bits per heavy atom. The Bertz CT molecular complexity index is 1280. The van der Waals surface area contributed by atoms with E-state index in [4.69, 9.17) is 21.1 Å². The van der Waals surface area contributed by atoms with Gasteiger partial charge in [-0.1, -0.05) is 41.9 Å². The molecule has 8 nitrogen and oxygen atoms in total. The van der Waals surface area contributed by atoms with E-state index in [9.17, 15) is 18.0 Å². The maximum atomic E-state index is 12.7. The third-order valence-corrected chi connectivity index (χ3v) is 6.72. The number of benzene rings is 3. The highest BCUT2D eigenvalue weighted by atomic mass is 35.5. The highest BCUT2D eigenvalue weighted by Crippen LogP contribution is 2.28. The number of esters is 1. The van der Waals surface area contributed by atoms with Crippen molar-refractivity contribution < 1.29 is 27.5 Å². The summed E-state index contributed by atoms with van der Waals surface area (Å²) in [7, 11) is -3.83. The molecule has 10 heteroatoms. The first-order chi connectivity index (χ1) is 16.7. The summed E-state index contributed by atoms with van der Waals surface area (Å²) in [5.41, 5.74) is 1.66. The van der Waals surface area contributed by atoms with Crippen molar-refractivity contribution in [3.8, 4) is 5.75 Å². The lowest BCUT2D eigenvalue weighted by Gasteiger charge is -2.15. The minimum absolute atomic E-state index is 0.0243. The van der Waals surface area contributed by atoms with Crippen LogP contribution in [0.3, 0.4) is 0 Å². The SMILES string of the molecule is CCOC(=O)c1ccc(NC(=O)COc2ccc(S(=O)(=O)N[C@@H](C)c3ccccc3)cc2Cl)cc1. The van der Waals surface area contributed by atoms with Gasteiger partial charge in [-0.15, -0.1) is 0 Å².